The van der Waals surface area contributed by atoms with Crippen LogP contribution in [0.5, 0.6) is 0 Å². The van der Waals surface area contributed by atoms with Crippen molar-refractivity contribution in [3.05, 3.63) is 29.3 Å². The standard InChI is InChI=1S/C12H16N4O3/c1-6(5-13)12(19)16-9-3-7(10(14)17)2-8(4-9)11(15)18/h2-4,6H,5,13H2,1H3,(H2,14,17)(H2,15,18)(H,16,19). The number of nitrogens with two attached hydrogens (primary N) is 3. The second-order valence-electron chi connectivity index (χ2n) is 4.15. The maximum absolute atomic E-state index is 11.7. The van der Waals surface area contributed by atoms with Crippen LogP contribution in [-0.4, -0.2) is 24.3 Å². The van der Waals surface area contributed by atoms with Gasteiger partial charge >= 0.3 is 0 Å². The molecule has 1 atom stereocenters. The molecule has 0 radical (unpaired) electrons. The van der Waals surface area contributed by atoms with Crippen LogP contribution < -0.4 is 22.5 Å². The third kappa shape index (κ3) is 3.78. The molecule has 0 aliphatic rings. The van der Waals surface area contributed by atoms with Crippen molar-refractivity contribution < 1.29 is 14.4 Å². The van der Waals surface area contributed by atoms with Gasteiger partial charge in [-0.05, 0) is 18.2 Å². The zero-order chi connectivity index (χ0) is 14.6. The van der Waals surface area contributed by atoms with Crippen molar-refractivity contribution >= 4 is 23.4 Å². The quantitative estimate of drug-likeness (QED) is 0.564. The maximum Gasteiger partial charge on any atom is 0.248 e. The molecular formula is C12H16N4O3. The predicted molar refractivity (Wildman–Crippen MR) is 70.3 cm³/mol. The largest absolute Gasteiger partial charge is 0.366 e. The molecule has 1 aromatic carbocycles. The summed E-state index contributed by atoms with van der Waals surface area (Å²) in [5.41, 5.74) is 16.1. The van der Waals surface area contributed by atoms with Crippen molar-refractivity contribution in [1.82, 2.24) is 0 Å². The lowest BCUT2D eigenvalue weighted by atomic mass is 10.1. The van der Waals surface area contributed by atoms with Crippen LogP contribution in [0.15, 0.2) is 18.2 Å². The van der Waals surface area contributed by atoms with Gasteiger partial charge in [0.1, 0.15) is 0 Å². The normalized spacial score (nSPS) is 11.7. The van der Waals surface area contributed by atoms with Crippen LogP contribution in [0, 0.1) is 5.92 Å². The molecule has 0 bridgehead atoms. The second kappa shape index (κ2) is 5.96. The lowest BCUT2D eigenvalue weighted by Gasteiger charge is -2.11. The summed E-state index contributed by atoms with van der Waals surface area (Å²) >= 11 is 0. The molecule has 102 valence electrons. The van der Waals surface area contributed by atoms with Gasteiger partial charge in [-0.1, -0.05) is 6.92 Å². The van der Waals surface area contributed by atoms with Gasteiger partial charge in [0.05, 0.1) is 0 Å². The topological polar surface area (TPSA) is 141 Å². The van der Waals surface area contributed by atoms with Gasteiger partial charge in [-0.15, -0.1) is 0 Å². The number of amides is 3. The summed E-state index contributed by atoms with van der Waals surface area (Å²) in [5.74, 6) is -2.15. The van der Waals surface area contributed by atoms with Crippen molar-refractivity contribution in [1.29, 1.82) is 0 Å². The minimum atomic E-state index is -0.717. The van der Waals surface area contributed by atoms with Crippen LogP contribution in [-0.2, 0) is 4.79 Å². The molecule has 7 nitrogen and oxygen atoms in total. The Morgan fingerprint density at radius 2 is 1.58 bits per heavy atom. The van der Waals surface area contributed by atoms with Crippen molar-refractivity contribution in [2.24, 2.45) is 23.1 Å². The van der Waals surface area contributed by atoms with E-state index < -0.39 is 17.7 Å². The molecule has 1 rings (SSSR count). The van der Waals surface area contributed by atoms with E-state index in [0.29, 0.717) is 0 Å². The van der Waals surface area contributed by atoms with E-state index in [1.54, 1.807) is 6.92 Å². The van der Waals surface area contributed by atoms with Crippen molar-refractivity contribution in [3.63, 3.8) is 0 Å². The highest BCUT2D eigenvalue weighted by molar-refractivity contribution is 6.01. The third-order valence-corrected chi connectivity index (χ3v) is 2.57. The summed E-state index contributed by atoms with van der Waals surface area (Å²) in [4.78, 5) is 34.0. The number of hydrogen-bond acceptors (Lipinski definition) is 4. The smallest absolute Gasteiger partial charge is 0.248 e. The summed E-state index contributed by atoms with van der Waals surface area (Å²) < 4.78 is 0. The minimum absolute atomic E-state index is 0.0898. The average molecular weight is 264 g/mol. The molecule has 0 aromatic heterocycles. The first-order chi connectivity index (χ1) is 8.85. The van der Waals surface area contributed by atoms with E-state index in [0.717, 1.165) is 0 Å². The van der Waals surface area contributed by atoms with E-state index >= 15 is 0 Å². The van der Waals surface area contributed by atoms with Gasteiger partial charge in [-0.2, -0.15) is 0 Å². The van der Waals surface area contributed by atoms with Gasteiger partial charge < -0.3 is 22.5 Å². The van der Waals surface area contributed by atoms with Crippen molar-refractivity contribution in [3.8, 4) is 0 Å². The molecule has 7 N–H and O–H groups in total. The summed E-state index contributed by atoms with van der Waals surface area (Å²) in [5, 5.41) is 2.55. The number of primary amides is 2. The molecule has 0 aliphatic heterocycles. The van der Waals surface area contributed by atoms with Crippen molar-refractivity contribution in [2.75, 3.05) is 11.9 Å². The van der Waals surface area contributed by atoms with E-state index in [4.69, 9.17) is 17.2 Å². The number of nitrogens with one attached hydrogen (secondary N) is 1. The Morgan fingerprint density at radius 1 is 1.11 bits per heavy atom. The van der Waals surface area contributed by atoms with Gasteiger partial charge in [0.2, 0.25) is 17.7 Å². The zero-order valence-electron chi connectivity index (χ0n) is 10.5. The Bertz CT molecular complexity index is 495. The van der Waals surface area contributed by atoms with Crippen LogP contribution >= 0.6 is 0 Å². The van der Waals surface area contributed by atoms with Gasteiger partial charge in [-0.25, -0.2) is 0 Å². The van der Waals surface area contributed by atoms with Gasteiger partial charge in [0, 0.05) is 29.3 Å². The van der Waals surface area contributed by atoms with E-state index in [2.05, 4.69) is 5.32 Å². The molecular weight excluding hydrogens is 248 g/mol. The molecule has 0 aliphatic carbocycles. The van der Waals surface area contributed by atoms with Gasteiger partial charge in [-0.3, -0.25) is 14.4 Å². The molecule has 1 unspecified atom stereocenters. The molecule has 3 amide bonds. The third-order valence-electron chi connectivity index (χ3n) is 2.57. The zero-order valence-corrected chi connectivity index (χ0v) is 10.5. The summed E-state index contributed by atoms with van der Waals surface area (Å²) in [6, 6.07) is 4.01. The summed E-state index contributed by atoms with van der Waals surface area (Å²) in [6.45, 7) is 1.84. The number of anilines is 1. The summed E-state index contributed by atoms with van der Waals surface area (Å²) in [6.07, 6.45) is 0. The fraction of sp³-hybridized carbons (Fsp3) is 0.250. The highest BCUT2D eigenvalue weighted by Gasteiger charge is 2.14. The number of hydrogen-bond donors (Lipinski definition) is 4. The number of rotatable bonds is 5. The minimum Gasteiger partial charge on any atom is -0.366 e. The first-order valence-electron chi connectivity index (χ1n) is 5.60. The van der Waals surface area contributed by atoms with E-state index in [-0.39, 0.29) is 29.3 Å². The van der Waals surface area contributed by atoms with Gasteiger partial charge in [0.25, 0.3) is 0 Å². The van der Waals surface area contributed by atoms with E-state index in [1.165, 1.54) is 18.2 Å². The maximum atomic E-state index is 11.7. The molecule has 0 saturated heterocycles. The molecule has 0 spiro atoms. The van der Waals surface area contributed by atoms with Crippen LogP contribution in [0.3, 0.4) is 0 Å². The monoisotopic (exact) mass is 264 g/mol. The highest BCUT2D eigenvalue weighted by Crippen LogP contribution is 2.15. The summed E-state index contributed by atoms with van der Waals surface area (Å²) in [7, 11) is 0. The molecule has 0 fully saturated rings. The van der Waals surface area contributed by atoms with E-state index in [9.17, 15) is 14.4 Å². The fourth-order valence-corrected chi connectivity index (χ4v) is 1.36. The van der Waals surface area contributed by atoms with Crippen molar-refractivity contribution in [2.45, 2.75) is 6.92 Å². The molecule has 0 heterocycles. The Labute approximate surface area is 110 Å². The lowest BCUT2D eigenvalue weighted by molar-refractivity contribution is -0.119. The molecule has 1 aromatic rings. The van der Waals surface area contributed by atoms with Gasteiger partial charge in [0.15, 0.2) is 0 Å². The Balaban J connectivity index is 3.10. The Morgan fingerprint density at radius 3 is 1.95 bits per heavy atom. The van der Waals surface area contributed by atoms with E-state index in [1.807, 2.05) is 0 Å². The number of carbonyl (C=O) groups is 3. The lowest BCUT2D eigenvalue weighted by Crippen LogP contribution is -2.27. The average Bonchev–Trinajstić information content (AvgIpc) is 2.37. The van der Waals surface area contributed by atoms with Crippen LogP contribution in [0.1, 0.15) is 27.6 Å². The Kier molecular flexibility index (Phi) is 4.60. The number of benzene rings is 1. The molecule has 0 saturated carbocycles. The first kappa shape index (κ1) is 14.7. The Hall–Kier alpha value is -2.41. The number of carbonyl (C=O) groups excluding carboxylic acids is 3. The SMILES string of the molecule is CC(CN)C(=O)Nc1cc(C(N)=O)cc(C(N)=O)c1. The first-order valence-corrected chi connectivity index (χ1v) is 5.60. The second-order valence-corrected chi connectivity index (χ2v) is 4.15. The van der Waals surface area contributed by atoms with Crippen LogP contribution in [0.25, 0.3) is 0 Å². The van der Waals surface area contributed by atoms with Crippen LogP contribution in [0.4, 0.5) is 5.69 Å². The molecule has 19 heavy (non-hydrogen) atoms. The molecule has 7 heteroatoms. The van der Waals surface area contributed by atoms with Crippen LogP contribution in [0.2, 0.25) is 0 Å². The highest BCUT2D eigenvalue weighted by atomic mass is 16.2. The fourth-order valence-electron chi connectivity index (χ4n) is 1.36. The predicted octanol–water partition coefficient (Wildman–Crippen LogP) is -0.582.